The van der Waals surface area contributed by atoms with E-state index in [-0.39, 0.29) is 5.59 Å². The van der Waals surface area contributed by atoms with Crippen molar-refractivity contribution < 1.29 is 14.8 Å². The molecule has 0 bridgehead atoms. The number of benzene rings is 1. The van der Waals surface area contributed by atoms with Crippen molar-refractivity contribution >= 4 is 12.7 Å². The number of aromatic nitrogens is 2. The van der Waals surface area contributed by atoms with Gasteiger partial charge in [-0.05, 0) is 69.4 Å². The minimum Gasteiger partial charge on any atom is -0.494 e. The molecule has 0 spiro atoms. The minimum absolute atomic E-state index is 0.178. The number of hydrogen-bond donors (Lipinski definition) is 2. The van der Waals surface area contributed by atoms with Crippen molar-refractivity contribution in [2.24, 2.45) is 5.92 Å². The van der Waals surface area contributed by atoms with Crippen LogP contribution in [0.1, 0.15) is 40.0 Å². The Hall–Kier alpha value is -2.18. The molecule has 0 radical (unpaired) electrons. The summed E-state index contributed by atoms with van der Waals surface area (Å²) in [5.74, 6) is 1.89. The van der Waals surface area contributed by atoms with E-state index in [1.807, 2.05) is 24.3 Å². The van der Waals surface area contributed by atoms with Crippen LogP contribution in [0, 0.1) is 5.92 Å². The monoisotopic (exact) mass is 354 g/mol. The highest BCUT2D eigenvalue weighted by Gasteiger charge is 2.14. The van der Waals surface area contributed by atoms with Gasteiger partial charge < -0.3 is 14.8 Å². The highest BCUT2D eigenvalue weighted by molar-refractivity contribution is 6.57. The highest BCUT2D eigenvalue weighted by atomic mass is 16.5. The molecular weight excluding hydrogens is 327 g/mol. The molecule has 0 aliphatic rings. The van der Waals surface area contributed by atoms with Crippen LogP contribution in [0.25, 0.3) is 11.4 Å². The minimum atomic E-state index is -1.60. The number of rotatable bonds is 9. The Morgan fingerprint density at radius 2 is 1.88 bits per heavy atom. The average Bonchev–Trinajstić information content (AvgIpc) is 2.62. The molecule has 0 aliphatic carbocycles. The van der Waals surface area contributed by atoms with Gasteiger partial charge in [0.15, 0.2) is 5.82 Å². The Morgan fingerprint density at radius 3 is 2.54 bits per heavy atom. The van der Waals surface area contributed by atoms with Crippen LogP contribution in [0.2, 0.25) is 0 Å². The lowest BCUT2D eigenvalue weighted by molar-refractivity contribution is 0.279. The van der Waals surface area contributed by atoms with Gasteiger partial charge in [-0.3, -0.25) is 0 Å². The van der Waals surface area contributed by atoms with E-state index >= 15 is 0 Å². The van der Waals surface area contributed by atoms with Crippen molar-refractivity contribution in [1.29, 1.82) is 0 Å². The van der Waals surface area contributed by atoms with E-state index in [2.05, 4.69) is 36.8 Å². The molecule has 26 heavy (non-hydrogen) atoms. The summed E-state index contributed by atoms with van der Waals surface area (Å²) in [6.07, 6.45) is 7.12. The van der Waals surface area contributed by atoms with Crippen LogP contribution in [0.5, 0.6) is 5.75 Å². The summed E-state index contributed by atoms with van der Waals surface area (Å²) in [6, 6.07) is 8.99. The summed E-state index contributed by atoms with van der Waals surface area (Å²) in [4.78, 5) is 8.31. The Kier molecular flexibility index (Phi) is 7.82. The van der Waals surface area contributed by atoms with E-state index in [1.165, 1.54) is 24.3 Å². The molecule has 1 aromatic heterocycles. The number of ether oxygens (including phenoxy) is 1. The van der Waals surface area contributed by atoms with Gasteiger partial charge in [0.1, 0.15) is 5.75 Å². The normalized spacial score (nSPS) is 11.7. The first kappa shape index (κ1) is 20.1. The molecule has 0 fully saturated rings. The van der Waals surface area contributed by atoms with Crippen LogP contribution in [-0.2, 0) is 0 Å². The second-order valence-electron chi connectivity index (χ2n) is 6.80. The molecule has 2 N–H and O–H groups in total. The summed E-state index contributed by atoms with van der Waals surface area (Å²) in [5.41, 5.74) is 2.35. The third-order valence-corrected chi connectivity index (χ3v) is 4.15. The number of hydrogen-bond acceptors (Lipinski definition) is 5. The van der Waals surface area contributed by atoms with Gasteiger partial charge in [0.25, 0.3) is 0 Å². The van der Waals surface area contributed by atoms with Crippen molar-refractivity contribution in [1.82, 2.24) is 9.97 Å². The number of allylic oxidation sites excluding steroid dienone is 2. The fraction of sp³-hybridized carbons (Fsp3) is 0.400. The SMILES string of the molecule is CC(C)=CCC[C@H](C)CCOc1ccc(-c2nccc(B(O)O)n2)cc1. The Morgan fingerprint density at radius 1 is 1.15 bits per heavy atom. The average molecular weight is 354 g/mol. The van der Waals surface area contributed by atoms with Gasteiger partial charge in [-0.1, -0.05) is 18.6 Å². The molecule has 2 rings (SSSR count). The predicted molar refractivity (Wildman–Crippen MR) is 105 cm³/mol. The molecule has 0 aliphatic heterocycles. The maximum absolute atomic E-state index is 9.20. The lowest BCUT2D eigenvalue weighted by Crippen LogP contribution is -2.33. The Bertz CT molecular complexity index is 713. The standard InChI is InChI=1S/C20H27BN2O3/c1-15(2)5-4-6-16(3)12-14-26-18-9-7-17(8-10-18)20-22-13-11-19(23-20)21(24)25/h5,7-11,13,16,24-25H,4,6,12,14H2,1-3H3/t16-/m0/s1. The van der Waals surface area contributed by atoms with Crippen LogP contribution in [0.4, 0.5) is 0 Å². The first-order chi connectivity index (χ1) is 12.5. The molecule has 1 heterocycles. The molecule has 138 valence electrons. The van der Waals surface area contributed by atoms with Crippen molar-refractivity contribution in [3.8, 4) is 17.1 Å². The smallest absolute Gasteiger partial charge is 0.494 e. The summed E-state index contributed by atoms with van der Waals surface area (Å²) in [6.45, 7) is 7.21. The first-order valence-corrected chi connectivity index (χ1v) is 9.01. The van der Waals surface area contributed by atoms with Crippen LogP contribution in [-0.4, -0.2) is 33.7 Å². The zero-order valence-corrected chi connectivity index (χ0v) is 15.7. The van der Waals surface area contributed by atoms with Gasteiger partial charge in [0, 0.05) is 11.8 Å². The molecule has 1 atom stereocenters. The highest BCUT2D eigenvalue weighted by Crippen LogP contribution is 2.19. The van der Waals surface area contributed by atoms with Gasteiger partial charge in [-0.15, -0.1) is 0 Å². The lowest BCUT2D eigenvalue weighted by atomic mass is 9.86. The zero-order chi connectivity index (χ0) is 18.9. The second-order valence-corrected chi connectivity index (χ2v) is 6.80. The summed E-state index contributed by atoms with van der Waals surface area (Å²) < 4.78 is 5.82. The van der Waals surface area contributed by atoms with Gasteiger partial charge >= 0.3 is 7.12 Å². The molecule has 2 aromatic rings. The zero-order valence-electron chi connectivity index (χ0n) is 15.7. The Labute approximate surface area is 155 Å². The Balaban J connectivity index is 1.84. The van der Waals surface area contributed by atoms with Crippen molar-refractivity contribution in [2.75, 3.05) is 6.61 Å². The van der Waals surface area contributed by atoms with Gasteiger partial charge in [-0.2, -0.15) is 0 Å². The van der Waals surface area contributed by atoms with E-state index in [4.69, 9.17) is 4.74 Å². The third kappa shape index (κ3) is 6.62. The molecule has 0 saturated carbocycles. The van der Waals surface area contributed by atoms with Crippen LogP contribution >= 0.6 is 0 Å². The van der Waals surface area contributed by atoms with Crippen molar-refractivity contribution in [3.63, 3.8) is 0 Å². The van der Waals surface area contributed by atoms with E-state index < -0.39 is 7.12 Å². The topological polar surface area (TPSA) is 75.5 Å². The fourth-order valence-electron chi connectivity index (χ4n) is 2.53. The first-order valence-electron chi connectivity index (χ1n) is 9.01. The fourth-order valence-corrected chi connectivity index (χ4v) is 2.53. The lowest BCUT2D eigenvalue weighted by Gasteiger charge is -2.12. The van der Waals surface area contributed by atoms with Crippen LogP contribution < -0.4 is 10.3 Å². The van der Waals surface area contributed by atoms with Gasteiger partial charge in [-0.25, -0.2) is 9.97 Å². The quantitative estimate of drug-likeness (QED) is 0.535. The van der Waals surface area contributed by atoms with Crippen molar-refractivity contribution in [2.45, 2.75) is 40.0 Å². The van der Waals surface area contributed by atoms with E-state index in [0.29, 0.717) is 18.3 Å². The number of nitrogens with zero attached hydrogens (tertiary/aromatic N) is 2. The summed E-state index contributed by atoms with van der Waals surface area (Å²) in [7, 11) is -1.60. The van der Waals surface area contributed by atoms with Crippen LogP contribution in [0.15, 0.2) is 48.2 Å². The van der Waals surface area contributed by atoms with Crippen LogP contribution in [0.3, 0.4) is 0 Å². The molecular formula is C20H27BN2O3. The second kappa shape index (κ2) is 10.1. The van der Waals surface area contributed by atoms with Crippen molar-refractivity contribution in [3.05, 3.63) is 48.2 Å². The van der Waals surface area contributed by atoms with E-state index in [0.717, 1.165) is 24.2 Å². The van der Waals surface area contributed by atoms with Gasteiger partial charge in [0.2, 0.25) is 0 Å². The molecule has 6 heteroatoms. The molecule has 0 amide bonds. The molecule has 1 aromatic carbocycles. The van der Waals surface area contributed by atoms with E-state index in [9.17, 15) is 10.0 Å². The van der Waals surface area contributed by atoms with Gasteiger partial charge in [0.05, 0.1) is 12.2 Å². The molecule has 0 saturated heterocycles. The molecule has 5 nitrogen and oxygen atoms in total. The predicted octanol–water partition coefficient (Wildman–Crippen LogP) is 2.97. The largest absolute Gasteiger partial charge is 0.508 e. The summed E-state index contributed by atoms with van der Waals surface area (Å²) in [5, 5.41) is 18.4. The molecule has 0 unspecified atom stereocenters. The summed E-state index contributed by atoms with van der Waals surface area (Å²) >= 11 is 0. The maximum Gasteiger partial charge on any atom is 0.508 e. The maximum atomic E-state index is 9.20. The third-order valence-electron chi connectivity index (χ3n) is 4.15. The van der Waals surface area contributed by atoms with E-state index in [1.54, 1.807) is 0 Å².